The van der Waals surface area contributed by atoms with E-state index in [9.17, 15) is 0 Å². The first-order valence-electron chi connectivity index (χ1n) is 6.75. The van der Waals surface area contributed by atoms with Crippen molar-refractivity contribution in [2.75, 3.05) is 7.11 Å². The van der Waals surface area contributed by atoms with Gasteiger partial charge in [-0.1, -0.05) is 37.5 Å². The van der Waals surface area contributed by atoms with Crippen LogP contribution >= 0.6 is 11.8 Å². The highest BCUT2D eigenvalue weighted by Crippen LogP contribution is 2.39. The van der Waals surface area contributed by atoms with Crippen LogP contribution in [0, 0.1) is 0 Å². The van der Waals surface area contributed by atoms with Gasteiger partial charge in [0.15, 0.2) is 0 Å². The number of methoxy groups -OCH3 is 1. The molecule has 98 valence electrons. The van der Waals surface area contributed by atoms with Crippen LogP contribution in [0.2, 0.25) is 0 Å². The topological polar surface area (TPSA) is 9.23 Å². The zero-order valence-corrected chi connectivity index (χ0v) is 11.9. The molecule has 0 aromatic heterocycles. The normalized spacial score (nSPS) is 18.3. The molecule has 0 aliphatic heterocycles. The summed E-state index contributed by atoms with van der Waals surface area (Å²) in [6, 6.07) is 8.38. The van der Waals surface area contributed by atoms with Gasteiger partial charge in [0, 0.05) is 10.5 Å². The molecule has 1 aromatic rings. The SMILES string of the molecule is C=C[C@H](SC1CCCCC1)c1ccc(OC)cc1. The number of hydrogen-bond donors (Lipinski definition) is 0. The van der Waals surface area contributed by atoms with Crippen molar-refractivity contribution < 1.29 is 4.74 Å². The lowest BCUT2D eigenvalue weighted by Crippen LogP contribution is -2.10. The van der Waals surface area contributed by atoms with Crippen molar-refractivity contribution in [3.05, 3.63) is 42.5 Å². The molecule has 0 N–H and O–H groups in total. The standard InChI is InChI=1S/C16H22OS/c1-3-16(18-15-7-5-4-6-8-15)13-9-11-14(17-2)12-10-13/h3,9-12,15-16H,1,4-8H2,2H3/t16-/m0/s1. The van der Waals surface area contributed by atoms with E-state index in [1.54, 1.807) is 7.11 Å². The lowest BCUT2D eigenvalue weighted by Gasteiger charge is -2.25. The third-order valence-corrected chi connectivity index (χ3v) is 5.16. The summed E-state index contributed by atoms with van der Waals surface area (Å²) < 4.78 is 5.20. The fourth-order valence-electron chi connectivity index (χ4n) is 2.47. The molecule has 0 unspecified atom stereocenters. The van der Waals surface area contributed by atoms with E-state index < -0.39 is 0 Å². The summed E-state index contributed by atoms with van der Waals surface area (Å²) in [6.45, 7) is 3.99. The summed E-state index contributed by atoms with van der Waals surface area (Å²) in [5.41, 5.74) is 1.33. The van der Waals surface area contributed by atoms with Crippen molar-refractivity contribution >= 4 is 11.8 Å². The summed E-state index contributed by atoms with van der Waals surface area (Å²) in [5.74, 6) is 0.921. The maximum Gasteiger partial charge on any atom is 0.118 e. The number of hydrogen-bond acceptors (Lipinski definition) is 2. The highest BCUT2D eigenvalue weighted by molar-refractivity contribution is 8.00. The van der Waals surface area contributed by atoms with E-state index in [1.807, 2.05) is 12.1 Å². The minimum absolute atomic E-state index is 0.416. The van der Waals surface area contributed by atoms with Crippen molar-refractivity contribution in [3.63, 3.8) is 0 Å². The van der Waals surface area contributed by atoms with Crippen LogP contribution in [0.1, 0.15) is 42.9 Å². The fourth-order valence-corrected chi connectivity index (χ4v) is 3.92. The van der Waals surface area contributed by atoms with Gasteiger partial charge in [-0.25, -0.2) is 0 Å². The average molecular weight is 262 g/mol. The predicted molar refractivity (Wildman–Crippen MR) is 80.4 cm³/mol. The first kappa shape index (κ1) is 13.5. The molecule has 1 aliphatic rings. The smallest absolute Gasteiger partial charge is 0.118 e. The van der Waals surface area contributed by atoms with Gasteiger partial charge in [0.1, 0.15) is 5.75 Å². The molecule has 1 nitrogen and oxygen atoms in total. The molecule has 1 aliphatic carbocycles. The van der Waals surface area contributed by atoms with Crippen LogP contribution in [0.25, 0.3) is 0 Å². The minimum atomic E-state index is 0.416. The van der Waals surface area contributed by atoms with Crippen molar-refractivity contribution in [2.24, 2.45) is 0 Å². The van der Waals surface area contributed by atoms with Gasteiger partial charge in [-0.3, -0.25) is 0 Å². The Hall–Kier alpha value is -0.890. The van der Waals surface area contributed by atoms with Crippen LogP contribution in [0.15, 0.2) is 36.9 Å². The molecular weight excluding hydrogens is 240 g/mol. The number of benzene rings is 1. The van der Waals surface area contributed by atoms with Gasteiger partial charge in [-0.2, -0.15) is 0 Å². The molecule has 2 rings (SSSR count). The van der Waals surface area contributed by atoms with Gasteiger partial charge in [0.25, 0.3) is 0 Å². The van der Waals surface area contributed by atoms with Gasteiger partial charge in [0.05, 0.1) is 7.11 Å². The highest BCUT2D eigenvalue weighted by Gasteiger charge is 2.18. The summed E-state index contributed by atoms with van der Waals surface area (Å²) in [7, 11) is 1.71. The Balaban J connectivity index is 1.99. The van der Waals surface area contributed by atoms with E-state index in [2.05, 4.69) is 36.5 Å². The molecule has 0 saturated heterocycles. The van der Waals surface area contributed by atoms with Gasteiger partial charge >= 0.3 is 0 Å². The van der Waals surface area contributed by atoms with Gasteiger partial charge < -0.3 is 4.74 Å². The molecule has 0 amide bonds. The van der Waals surface area contributed by atoms with Crippen LogP contribution in [0.4, 0.5) is 0 Å². The Bertz CT molecular complexity index is 365. The van der Waals surface area contributed by atoms with E-state index in [0.717, 1.165) is 11.0 Å². The van der Waals surface area contributed by atoms with Crippen molar-refractivity contribution in [1.82, 2.24) is 0 Å². The minimum Gasteiger partial charge on any atom is -0.497 e. The lowest BCUT2D eigenvalue weighted by atomic mass is 10.0. The van der Waals surface area contributed by atoms with Crippen LogP contribution in [0.3, 0.4) is 0 Å². The molecule has 2 heteroatoms. The molecule has 1 fully saturated rings. The molecule has 0 radical (unpaired) electrons. The predicted octanol–water partition coefficient (Wildman–Crippen LogP) is 4.99. The van der Waals surface area contributed by atoms with E-state index in [0.29, 0.717) is 5.25 Å². The Kier molecular flexibility index (Phi) is 5.18. The van der Waals surface area contributed by atoms with Gasteiger partial charge in [-0.05, 0) is 30.5 Å². The Morgan fingerprint density at radius 1 is 1.22 bits per heavy atom. The quantitative estimate of drug-likeness (QED) is 0.691. The van der Waals surface area contributed by atoms with E-state index >= 15 is 0 Å². The fraction of sp³-hybridized carbons (Fsp3) is 0.500. The van der Waals surface area contributed by atoms with Crippen LogP contribution < -0.4 is 4.74 Å². The number of ether oxygens (including phenoxy) is 1. The molecule has 1 atom stereocenters. The average Bonchev–Trinajstić information content (AvgIpc) is 2.46. The lowest BCUT2D eigenvalue weighted by molar-refractivity contribution is 0.414. The zero-order chi connectivity index (χ0) is 12.8. The zero-order valence-electron chi connectivity index (χ0n) is 11.1. The Labute approximate surface area is 115 Å². The Morgan fingerprint density at radius 3 is 2.44 bits per heavy atom. The second-order valence-corrected chi connectivity index (χ2v) is 6.27. The number of rotatable bonds is 5. The molecule has 18 heavy (non-hydrogen) atoms. The summed E-state index contributed by atoms with van der Waals surface area (Å²) in [5, 5.41) is 1.22. The molecule has 1 aromatic carbocycles. The third-order valence-electron chi connectivity index (χ3n) is 3.55. The monoisotopic (exact) mass is 262 g/mol. The molecule has 0 spiro atoms. The van der Waals surface area contributed by atoms with Crippen molar-refractivity contribution in [3.8, 4) is 5.75 Å². The summed E-state index contributed by atoms with van der Waals surface area (Å²) in [4.78, 5) is 0. The van der Waals surface area contributed by atoms with Crippen LogP contribution in [-0.2, 0) is 0 Å². The molecular formula is C16H22OS. The molecule has 0 heterocycles. The summed E-state index contributed by atoms with van der Waals surface area (Å²) >= 11 is 2.07. The first-order chi connectivity index (χ1) is 8.83. The Morgan fingerprint density at radius 2 is 1.89 bits per heavy atom. The largest absolute Gasteiger partial charge is 0.497 e. The maximum atomic E-state index is 5.20. The highest BCUT2D eigenvalue weighted by atomic mass is 32.2. The van der Waals surface area contributed by atoms with Crippen molar-refractivity contribution in [1.29, 1.82) is 0 Å². The van der Waals surface area contributed by atoms with E-state index in [1.165, 1.54) is 37.7 Å². The van der Waals surface area contributed by atoms with Gasteiger partial charge in [0.2, 0.25) is 0 Å². The summed E-state index contributed by atoms with van der Waals surface area (Å²) in [6.07, 6.45) is 9.00. The molecule has 0 bridgehead atoms. The number of thioether (sulfide) groups is 1. The third kappa shape index (κ3) is 3.55. The second kappa shape index (κ2) is 6.89. The maximum absolute atomic E-state index is 5.20. The molecule has 1 saturated carbocycles. The second-order valence-electron chi connectivity index (χ2n) is 4.83. The van der Waals surface area contributed by atoms with Gasteiger partial charge in [-0.15, -0.1) is 18.3 Å². The van der Waals surface area contributed by atoms with E-state index in [4.69, 9.17) is 4.74 Å². The first-order valence-corrected chi connectivity index (χ1v) is 7.69. The van der Waals surface area contributed by atoms with Crippen LogP contribution in [0.5, 0.6) is 5.75 Å². The van der Waals surface area contributed by atoms with Crippen molar-refractivity contribution in [2.45, 2.75) is 42.6 Å². The van der Waals surface area contributed by atoms with E-state index in [-0.39, 0.29) is 0 Å². The van der Waals surface area contributed by atoms with Crippen LogP contribution in [-0.4, -0.2) is 12.4 Å².